The van der Waals surface area contributed by atoms with Crippen molar-refractivity contribution in [2.24, 2.45) is 0 Å². The number of aliphatic hydroxyl groups excluding tert-OH is 2. The molecule has 5 nitrogen and oxygen atoms in total. The molecule has 0 saturated carbocycles. The number of amides is 1. The van der Waals surface area contributed by atoms with E-state index in [4.69, 9.17) is 16.3 Å². The number of nitrogens with one attached hydrogen (secondary N) is 1. The lowest BCUT2D eigenvalue weighted by atomic mass is 10.0. The summed E-state index contributed by atoms with van der Waals surface area (Å²) in [6, 6.07) is 14.1. The van der Waals surface area contributed by atoms with Crippen LogP contribution in [0, 0.1) is 0 Å². The Labute approximate surface area is 153 Å². The van der Waals surface area contributed by atoms with Crippen molar-refractivity contribution < 1.29 is 19.7 Å². The Bertz CT molecular complexity index is 684. The number of carbonyl (C=O) groups excluding carboxylic acids is 1. The zero-order chi connectivity index (χ0) is 17.5. The number of carbonyl (C=O) groups is 1. The molecule has 0 radical (unpaired) electrons. The van der Waals surface area contributed by atoms with Crippen LogP contribution in [-0.4, -0.2) is 29.0 Å². The minimum Gasteiger partial charge on any atom is -0.445 e. The molecule has 2 unspecified atom stereocenters. The third kappa shape index (κ3) is 5.49. The number of rotatable bonds is 6. The van der Waals surface area contributed by atoms with Crippen molar-refractivity contribution in [2.45, 2.75) is 18.8 Å². The Morgan fingerprint density at radius 3 is 2.58 bits per heavy atom. The number of alkyl carbamates (subject to hydrolysis) is 1. The van der Waals surface area contributed by atoms with Crippen LogP contribution in [0.1, 0.15) is 17.2 Å². The Hall–Kier alpha value is -1.60. The van der Waals surface area contributed by atoms with Gasteiger partial charge in [-0.1, -0.05) is 48.0 Å². The molecule has 2 rings (SSSR count). The Morgan fingerprint density at radius 2 is 1.92 bits per heavy atom. The summed E-state index contributed by atoms with van der Waals surface area (Å²) in [6.07, 6.45) is -3.03. The van der Waals surface area contributed by atoms with E-state index < -0.39 is 18.3 Å². The molecule has 0 heterocycles. The van der Waals surface area contributed by atoms with Crippen LogP contribution in [0.4, 0.5) is 4.79 Å². The van der Waals surface area contributed by atoms with Crippen LogP contribution >= 0.6 is 27.5 Å². The molecule has 0 fully saturated rings. The van der Waals surface area contributed by atoms with Crippen molar-refractivity contribution in [3.05, 3.63) is 69.2 Å². The molecule has 0 aliphatic rings. The minimum absolute atomic E-state index is 0.133. The van der Waals surface area contributed by atoms with Gasteiger partial charge in [-0.15, -0.1) is 0 Å². The number of hydrogen-bond acceptors (Lipinski definition) is 4. The van der Waals surface area contributed by atoms with E-state index in [1.54, 1.807) is 18.2 Å². The second-order valence-electron chi connectivity index (χ2n) is 5.13. The molecule has 1 amide bonds. The zero-order valence-electron chi connectivity index (χ0n) is 12.7. The fourth-order valence-corrected chi connectivity index (χ4v) is 2.43. The van der Waals surface area contributed by atoms with Gasteiger partial charge in [0, 0.05) is 11.0 Å². The predicted molar refractivity (Wildman–Crippen MR) is 94.7 cm³/mol. The lowest BCUT2D eigenvalue weighted by Gasteiger charge is -2.19. The summed E-state index contributed by atoms with van der Waals surface area (Å²) in [5.74, 6) is 0. The Morgan fingerprint density at radius 1 is 1.21 bits per heavy atom. The summed E-state index contributed by atoms with van der Waals surface area (Å²) in [5, 5.41) is 22.9. The van der Waals surface area contributed by atoms with Crippen LogP contribution in [-0.2, 0) is 11.3 Å². The number of aliphatic hydroxyl groups is 2. The summed E-state index contributed by atoms with van der Waals surface area (Å²) < 4.78 is 5.72. The predicted octanol–water partition coefficient (Wildman–Crippen LogP) is 3.42. The van der Waals surface area contributed by atoms with Gasteiger partial charge < -0.3 is 20.3 Å². The number of ether oxygens (including phenoxy) is 1. The SMILES string of the molecule is O=C(NCC(O)C(O)c1ccc(Br)c(Cl)c1)OCc1ccccc1. The lowest BCUT2D eigenvalue weighted by molar-refractivity contribution is 0.0184. The smallest absolute Gasteiger partial charge is 0.407 e. The average Bonchev–Trinajstić information content (AvgIpc) is 2.60. The van der Waals surface area contributed by atoms with Crippen LogP contribution in [0.25, 0.3) is 0 Å². The number of hydrogen-bond donors (Lipinski definition) is 3. The maximum atomic E-state index is 11.6. The number of benzene rings is 2. The standard InChI is InChI=1S/C17H17BrClNO4/c18-13-7-6-12(8-14(13)19)16(22)15(21)9-20-17(23)24-10-11-4-2-1-3-5-11/h1-8,15-16,21-22H,9-10H2,(H,20,23). The van der Waals surface area contributed by atoms with Gasteiger partial charge in [0.25, 0.3) is 0 Å². The first-order chi connectivity index (χ1) is 11.5. The first kappa shape index (κ1) is 18.7. The van der Waals surface area contributed by atoms with Crippen molar-refractivity contribution in [3.8, 4) is 0 Å². The number of halogens is 2. The van der Waals surface area contributed by atoms with Crippen LogP contribution in [0.5, 0.6) is 0 Å². The van der Waals surface area contributed by atoms with Gasteiger partial charge in [-0.05, 0) is 39.2 Å². The fourth-order valence-electron chi connectivity index (χ4n) is 1.99. The quantitative estimate of drug-likeness (QED) is 0.677. The minimum atomic E-state index is -1.19. The van der Waals surface area contributed by atoms with Crippen molar-refractivity contribution >= 4 is 33.6 Å². The topological polar surface area (TPSA) is 78.8 Å². The van der Waals surface area contributed by atoms with Gasteiger partial charge >= 0.3 is 6.09 Å². The van der Waals surface area contributed by atoms with E-state index in [1.165, 1.54) is 0 Å². The molecule has 2 aromatic carbocycles. The molecule has 3 N–H and O–H groups in total. The van der Waals surface area contributed by atoms with E-state index in [9.17, 15) is 15.0 Å². The Balaban J connectivity index is 1.80. The molecule has 24 heavy (non-hydrogen) atoms. The van der Waals surface area contributed by atoms with Gasteiger partial charge in [0.2, 0.25) is 0 Å². The average molecular weight is 415 g/mol. The molecule has 2 aromatic rings. The van der Waals surface area contributed by atoms with Crippen LogP contribution in [0.15, 0.2) is 53.0 Å². The highest BCUT2D eigenvalue weighted by molar-refractivity contribution is 9.10. The molecule has 0 saturated heterocycles. The van der Waals surface area contributed by atoms with Gasteiger partial charge in [-0.25, -0.2) is 4.79 Å². The zero-order valence-corrected chi connectivity index (χ0v) is 15.0. The molecule has 7 heteroatoms. The van der Waals surface area contributed by atoms with Crippen LogP contribution in [0.2, 0.25) is 5.02 Å². The van der Waals surface area contributed by atoms with Crippen LogP contribution < -0.4 is 5.32 Å². The molecule has 0 aliphatic heterocycles. The highest BCUT2D eigenvalue weighted by Gasteiger charge is 2.20. The normalized spacial score (nSPS) is 13.2. The second kappa shape index (κ2) is 9.03. The van der Waals surface area contributed by atoms with Gasteiger partial charge in [-0.2, -0.15) is 0 Å². The summed E-state index contributed by atoms with van der Waals surface area (Å²) in [5.41, 5.74) is 1.31. The van der Waals surface area contributed by atoms with E-state index in [0.717, 1.165) is 5.56 Å². The van der Waals surface area contributed by atoms with E-state index in [0.29, 0.717) is 15.1 Å². The molecule has 0 aliphatic carbocycles. The molecule has 0 bridgehead atoms. The van der Waals surface area contributed by atoms with E-state index in [1.807, 2.05) is 30.3 Å². The van der Waals surface area contributed by atoms with Crippen molar-refractivity contribution in [1.82, 2.24) is 5.32 Å². The van der Waals surface area contributed by atoms with Crippen molar-refractivity contribution in [1.29, 1.82) is 0 Å². The third-order valence-electron chi connectivity index (χ3n) is 3.32. The summed E-state index contributed by atoms with van der Waals surface area (Å²) >= 11 is 9.21. The summed E-state index contributed by atoms with van der Waals surface area (Å²) in [7, 11) is 0. The monoisotopic (exact) mass is 413 g/mol. The molecular formula is C17H17BrClNO4. The van der Waals surface area contributed by atoms with E-state index >= 15 is 0 Å². The Kier molecular flexibility index (Phi) is 7.05. The molecule has 128 valence electrons. The molecule has 2 atom stereocenters. The highest BCUT2D eigenvalue weighted by Crippen LogP contribution is 2.27. The second-order valence-corrected chi connectivity index (χ2v) is 6.39. The van der Waals surface area contributed by atoms with E-state index in [2.05, 4.69) is 21.2 Å². The molecule has 0 spiro atoms. The maximum absolute atomic E-state index is 11.6. The van der Waals surface area contributed by atoms with Gasteiger partial charge in [0.05, 0.1) is 5.02 Å². The molecular weight excluding hydrogens is 398 g/mol. The lowest BCUT2D eigenvalue weighted by Crippen LogP contribution is -2.35. The van der Waals surface area contributed by atoms with Crippen molar-refractivity contribution in [3.63, 3.8) is 0 Å². The van der Waals surface area contributed by atoms with E-state index in [-0.39, 0.29) is 13.2 Å². The molecule has 0 aromatic heterocycles. The highest BCUT2D eigenvalue weighted by atomic mass is 79.9. The first-order valence-corrected chi connectivity index (χ1v) is 8.40. The maximum Gasteiger partial charge on any atom is 0.407 e. The van der Waals surface area contributed by atoms with Crippen molar-refractivity contribution in [2.75, 3.05) is 6.54 Å². The van der Waals surface area contributed by atoms with Gasteiger partial charge in [0.1, 0.15) is 18.8 Å². The third-order valence-corrected chi connectivity index (χ3v) is 4.55. The summed E-state index contributed by atoms with van der Waals surface area (Å²) in [4.78, 5) is 11.6. The first-order valence-electron chi connectivity index (χ1n) is 7.23. The largest absolute Gasteiger partial charge is 0.445 e. The summed E-state index contributed by atoms with van der Waals surface area (Å²) in [6.45, 7) is -0.0177. The van der Waals surface area contributed by atoms with Gasteiger partial charge in [-0.3, -0.25) is 0 Å². The van der Waals surface area contributed by atoms with Gasteiger partial charge in [0.15, 0.2) is 0 Å². The van der Waals surface area contributed by atoms with Crippen LogP contribution in [0.3, 0.4) is 0 Å². The fraction of sp³-hybridized carbons (Fsp3) is 0.235.